The van der Waals surface area contributed by atoms with Gasteiger partial charge in [0.1, 0.15) is 11.5 Å². The first-order valence-corrected chi connectivity index (χ1v) is 6.31. The van der Waals surface area contributed by atoms with E-state index in [1.165, 1.54) is 0 Å². The molecule has 0 fully saturated rings. The minimum Gasteiger partial charge on any atom is -0.459 e. The molecule has 0 atom stereocenters. The predicted molar refractivity (Wildman–Crippen MR) is 72.1 cm³/mol. The van der Waals surface area contributed by atoms with Crippen molar-refractivity contribution in [2.75, 3.05) is 0 Å². The molecule has 4 nitrogen and oxygen atoms in total. The van der Waals surface area contributed by atoms with Crippen LogP contribution in [-0.2, 0) is 19.0 Å². The molecule has 0 saturated carbocycles. The van der Waals surface area contributed by atoms with E-state index in [4.69, 9.17) is 10.2 Å². The van der Waals surface area contributed by atoms with Gasteiger partial charge in [0.2, 0.25) is 0 Å². The number of rotatable bonds is 4. The summed E-state index contributed by atoms with van der Waals surface area (Å²) in [6, 6.07) is 4.02. The fourth-order valence-corrected chi connectivity index (χ4v) is 1.90. The Kier molecular flexibility index (Phi) is 3.30. The van der Waals surface area contributed by atoms with Gasteiger partial charge in [-0.15, -0.1) is 0 Å². The average Bonchev–Trinajstić information content (AvgIpc) is 2.94. The Hall–Kier alpha value is -1.55. The first-order valence-electron chi connectivity index (χ1n) is 6.31. The largest absolute Gasteiger partial charge is 0.459 e. The van der Waals surface area contributed by atoms with Crippen LogP contribution in [0.5, 0.6) is 0 Å². The molecular formula is C14H21N3O. The van der Waals surface area contributed by atoms with Gasteiger partial charge < -0.3 is 10.2 Å². The molecular weight excluding hydrogens is 226 g/mol. The third-order valence-electron chi connectivity index (χ3n) is 3.63. The lowest BCUT2D eigenvalue weighted by molar-refractivity contribution is 0.379. The second kappa shape index (κ2) is 4.61. The Balaban J connectivity index is 2.52. The molecule has 0 saturated heterocycles. The van der Waals surface area contributed by atoms with Gasteiger partial charge in [-0.1, -0.05) is 20.8 Å². The molecule has 2 rings (SSSR count). The molecule has 2 aromatic heterocycles. The Labute approximate surface area is 108 Å². The van der Waals surface area contributed by atoms with Gasteiger partial charge >= 0.3 is 0 Å². The summed E-state index contributed by atoms with van der Waals surface area (Å²) in [4.78, 5) is 0. The third-order valence-corrected chi connectivity index (χ3v) is 3.63. The molecule has 0 amide bonds. The Morgan fingerprint density at radius 1 is 1.44 bits per heavy atom. The van der Waals surface area contributed by atoms with E-state index in [9.17, 15) is 0 Å². The van der Waals surface area contributed by atoms with E-state index >= 15 is 0 Å². The molecule has 0 aliphatic rings. The van der Waals surface area contributed by atoms with Crippen molar-refractivity contribution >= 4 is 0 Å². The fraction of sp³-hybridized carbons (Fsp3) is 0.500. The molecule has 18 heavy (non-hydrogen) atoms. The molecule has 0 aromatic carbocycles. The molecule has 0 aliphatic carbocycles. The maximum absolute atomic E-state index is 6.05. The van der Waals surface area contributed by atoms with Gasteiger partial charge in [0, 0.05) is 30.8 Å². The van der Waals surface area contributed by atoms with Gasteiger partial charge in [-0.05, 0) is 18.6 Å². The molecule has 0 unspecified atom stereocenters. The zero-order valence-electron chi connectivity index (χ0n) is 11.5. The molecule has 2 heterocycles. The Morgan fingerprint density at radius 2 is 2.17 bits per heavy atom. The van der Waals surface area contributed by atoms with Crippen molar-refractivity contribution in [2.45, 2.75) is 39.2 Å². The minimum atomic E-state index is 0.0285. The Bertz CT molecular complexity index is 537. The predicted octanol–water partition coefficient (Wildman–Crippen LogP) is 2.83. The highest BCUT2D eigenvalue weighted by Gasteiger charge is 2.25. The second-order valence-corrected chi connectivity index (χ2v) is 5.25. The molecule has 2 aromatic rings. The van der Waals surface area contributed by atoms with Crippen molar-refractivity contribution in [1.29, 1.82) is 0 Å². The van der Waals surface area contributed by atoms with Gasteiger partial charge in [-0.2, -0.15) is 5.10 Å². The number of nitrogens with two attached hydrogens (primary N) is 1. The summed E-state index contributed by atoms with van der Waals surface area (Å²) in [5.74, 6) is 1.83. The monoisotopic (exact) mass is 247 g/mol. The lowest BCUT2D eigenvalue weighted by Gasteiger charge is -2.19. The standard InChI is InChI=1S/C14H21N3O/c1-5-14(2,3)12-8-10(9-15)13(18-12)11-6-7-16-17(11)4/h6-8H,5,9,15H2,1-4H3. The number of hydrogen-bond acceptors (Lipinski definition) is 3. The minimum absolute atomic E-state index is 0.0285. The van der Waals surface area contributed by atoms with E-state index in [2.05, 4.69) is 31.9 Å². The van der Waals surface area contributed by atoms with Crippen LogP contribution in [0.15, 0.2) is 22.7 Å². The van der Waals surface area contributed by atoms with Gasteiger partial charge in [0.25, 0.3) is 0 Å². The van der Waals surface area contributed by atoms with Crippen LogP contribution in [0, 0.1) is 0 Å². The van der Waals surface area contributed by atoms with Gasteiger partial charge in [0.15, 0.2) is 5.76 Å². The number of aryl methyl sites for hydroxylation is 1. The summed E-state index contributed by atoms with van der Waals surface area (Å²) in [6.45, 7) is 7.00. The summed E-state index contributed by atoms with van der Waals surface area (Å²) >= 11 is 0. The summed E-state index contributed by atoms with van der Waals surface area (Å²) in [5.41, 5.74) is 7.85. The summed E-state index contributed by atoms with van der Waals surface area (Å²) < 4.78 is 7.85. The average molecular weight is 247 g/mol. The molecule has 0 spiro atoms. The molecule has 98 valence electrons. The van der Waals surface area contributed by atoms with Gasteiger partial charge in [-0.3, -0.25) is 4.68 Å². The Morgan fingerprint density at radius 3 is 2.67 bits per heavy atom. The smallest absolute Gasteiger partial charge is 0.156 e. The van der Waals surface area contributed by atoms with E-state index in [-0.39, 0.29) is 5.41 Å². The number of hydrogen-bond donors (Lipinski definition) is 1. The van der Waals surface area contributed by atoms with Crippen molar-refractivity contribution in [3.05, 3.63) is 29.7 Å². The van der Waals surface area contributed by atoms with E-state index in [1.54, 1.807) is 10.9 Å². The quantitative estimate of drug-likeness (QED) is 0.903. The van der Waals surface area contributed by atoms with Crippen molar-refractivity contribution < 1.29 is 4.42 Å². The summed E-state index contributed by atoms with van der Waals surface area (Å²) in [6.07, 6.45) is 2.79. The highest BCUT2D eigenvalue weighted by Crippen LogP contribution is 2.34. The second-order valence-electron chi connectivity index (χ2n) is 5.25. The maximum Gasteiger partial charge on any atom is 0.156 e. The lowest BCUT2D eigenvalue weighted by Crippen LogP contribution is -2.14. The lowest BCUT2D eigenvalue weighted by atomic mass is 9.87. The number of furan rings is 1. The van der Waals surface area contributed by atoms with Crippen LogP contribution in [-0.4, -0.2) is 9.78 Å². The highest BCUT2D eigenvalue weighted by molar-refractivity contribution is 5.58. The maximum atomic E-state index is 6.05. The van der Waals surface area contributed by atoms with Crippen molar-refractivity contribution in [3.8, 4) is 11.5 Å². The van der Waals surface area contributed by atoms with Crippen LogP contribution < -0.4 is 5.73 Å². The summed E-state index contributed by atoms with van der Waals surface area (Å²) in [7, 11) is 1.91. The van der Waals surface area contributed by atoms with Crippen LogP contribution in [0.25, 0.3) is 11.5 Å². The number of nitrogens with zero attached hydrogens (tertiary/aromatic N) is 2. The van der Waals surface area contributed by atoms with Crippen molar-refractivity contribution in [1.82, 2.24) is 9.78 Å². The molecule has 4 heteroatoms. The zero-order valence-corrected chi connectivity index (χ0v) is 11.5. The van der Waals surface area contributed by atoms with Crippen molar-refractivity contribution in [2.24, 2.45) is 12.8 Å². The zero-order chi connectivity index (χ0) is 13.3. The topological polar surface area (TPSA) is 57.0 Å². The highest BCUT2D eigenvalue weighted by atomic mass is 16.3. The van der Waals surface area contributed by atoms with Gasteiger partial charge in [0.05, 0.1) is 0 Å². The summed E-state index contributed by atoms with van der Waals surface area (Å²) in [5, 5.41) is 4.18. The first-order chi connectivity index (χ1) is 8.49. The fourth-order valence-electron chi connectivity index (χ4n) is 1.90. The third kappa shape index (κ3) is 2.08. The van der Waals surface area contributed by atoms with Crippen molar-refractivity contribution in [3.63, 3.8) is 0 Å². The first kappa shape index (κ1) is 12.9. The number of aromatic nitrogens is 2. The molecule has 0 radical (unpaired) electrons. The van der Waals surface area contributed by atoms with Crippen LogP contribution in [0.3, 0.4) is 0 Å². The molecule has 0 bridgehead atoms. The van der Waals surface area contributed by atoms with Crippen LogP contribution in [0.2, 0.25) is 0 Å². The van der Waals surface area contributed by atoms with E-state index in [0.29, 0.717) is 6.54 Å². The van der Waals surface area contributed by atoms with Crippen LogP contribution in [0.4, 0.5) is 0 Å². The molecule has 0 aliphatic heterocycles. The van der Waals surface area contributed by atoms with Gasteiger partial charge in [-0.25, -0.2) is 0 Å². The SMILES string of the molecule is CCC(C)(C)c1cc(CN)c(-c2ccnn2C)o1. The van der Waals surface area contributed by atoms with E-state index in [1.807, 2.05) is 13.1 Å². The van der Waals surface area contributed by atoms with E-state index < -0.39 is 0 Å². The molecule has 2 N–H and O–H groups in total. The van der Waals surface area contributed by atoms with Crippen LogP contribution in [0.1, 0.15) is 38.5 Å². The van der Waals surface area contributed by atoms with Crippen LogP contribution >= 0.6 is 0 Å². The van der Waals surface area contributed by atoms with E-state index in [0.717, 1.165) is 29.2 Å². The normalized spacial score (nSPS) is 12.1.